The van der Waals surface area contributed by atoms with Crippen molar-refractivity contribution in [1.29, 1.82) is 0 Å². The summed E-state index contributed by atoms with van der Waals surface area (Å²) in [7, 11) is 0. The molecule has 8 heteroatoms. The molecule has 1 aliphatic rings. The van der Waals surface area contributed by atoms with Gasteiger partial charge in [0, 0.05) is 37.3 Å². The normalized spacial score (nSPS) is 19.1. The van der Waals surface area contributed by atoms with Crippen LogP contribution in [0.2, 0.25) is 10.0 Å². The fourth-order valence-corrected chi connectivity index (χ4v) is 5.01. The van der Waals surface area contributed by atoms with Crippen LogP contribution in [0, 0.1) is 5.82 Å². The molecule has 0 aromatic heterocycles. The summed E-state index contributed by atoms with van der Waals surface area (Å²) in [6, 6.07) is 19.3. The van der Waals surface area contributed by atoms with Crippen LogP contribution in [0.25, 0.3) is 0 Å². The van der Waals surface area contributed by atoms with Crippen molar-refractivity contribution in [3.05, 3.63) is 93.7 Å². The van der Waals surface area contributed by atoms with Crippen LogP contribution in [-0.4, -0.2) is 54.0 Å². The molecule has 3 aromatic rings. The molecular formula is C28H31Cl2FN2O3. The van der Waals surface area contributed by atoms with E-state index in [4.69, 9.17) is 27.9 Å². The molecule has 1 fully saturated rings. The molecule has 0 amide bonds. The van der Waals surface area contributed by atoms with Gasteiger partial charge in [-0.3, -0.25) is 4.90 Å². The number of benzene rings is 3. The minimum Gasteiger partial charge on any atom is -0.491 e. The average Bonchev–Trinajstić information content (AvgIpc) is 2.83. The van der Waals surface area contributed by atoms with Crippen molar-refractivity contribution >= 4 is 28.9 Å². The first-order valence-electron chi connectivity index (χ1n) is 12.0. The first-order valence-corrected chi connectivity index (χ1v) is 12.7. The number of aliphatic hydroxyl groups excluding tert-OH is 1. The predicted octanol–water partition coefficient (Wildman–Crippen LogP) is 5.66. The van der Waals surface area contributed by atoms with E-state index in [2.05, 4.69) is 9.80 Å². The van der Waals surface area contributed by atoms with E-state index in [1.54, 1.807) is 32.0 Å². The van der Waals surface area contributed by atoms with Crippen molar-refractivity contribution in [1.82, 2.24) is 4.90 Å². The van der Waals surface area contributed by atoms with E-state index in [0.29, 0.717) is 47.5 Å². The highest BCUT2D eigenvalue weighted by molar-refractivity contribution is 6.33. The molecule has 36 heavy (non-hydrogen) atoms. The molecule has 3 aromatic carbocycles. The highest BCUT2D eigenvalue weighted by Gasteiger charge is 2.34. The summed E-state index contributed by atoms with van der Waals surface area (Å²) in [4.78, 5) is 4.47. The van der Waals surface area contributed by atoms with E-state index in [1.807, 2.05) is 36.4 Å². The summed E-state index contributed by atoms with van der Waals surface area (Å²) in [5, 5.41) is 21.9. The van der Waals surface area contributed by atoms with Crippen LogP contribution in [-0.2, 0) is 5.60 Å². The zero-order chi connectivity index (χ0) is 25.9. The van der Waals surface area contributed by atoms with Gasteiger partial charge in [0.1, 0.15) is 18.2 Å². The summed E-state index contributed by atoms with van der Waals surface area (Å²) >= 11 is 12.9. The smallest absolute Gasteiger partial charge is 0.123 e. The highest BCUT2D eigenvalue weighted by Crippen LogP contribution is 2.38. The Morgan fingerprint density at radius 2 is 1.75 bits per heavy atom. The van der Waals surface area contributed by atoms with Gasteiger partial charge in [-0.25, -0.2) is 4.39 Å². The van der Waals surface area contributed by atoms with Gasteiger partial charge < -0.3 is 19.8 Å². The van der Waals surface area contributed by atoms with Gasteiger partial charge in [-0.05, 0) is 61.4 Å². The predicted molar refractivity (Wildman–Crippen MR) is 143 cm³/mol. The highest BCUT2D eigenvalue weighted by atomic mass is 35.5. The van der Waals surface area contributed by atoms with Gasteiger partial charge in [0.05, 0.1) is 28.5 Å². The van der Waals surface area contributed by atoms with Crippen LogP contribution in [0.5, 0.6) is 5.75 Å². The Labute approximate surface area is 221 Å². The molecular weight excluding hydrogens is 502 g/mol. The number of piperazine rings is 1. The van der Waals surface area contributed by atoms with Crippen LogP contribution < -0.4 is 9.64 Å². The SMILES string of the molecule is C[C@H](O)COc1ccc(N2CCN(CC(C)(O)c3ccc(F)cc3)C[C@H]2c2ccc(Cl)cc2)c(Cl)c1. The third kappa shape index (κ3) is 6.50. The number of hydrogen-bond acceptors (Lipinski definition) is 5. The zero-order valence-electron chi connectivity index (χ0n) is 20.4. The lowest BCUT2D eigenvalue weighted by atomic mass is 9.94. The number of halogens is 3. The quantitative estimate of drug-likeness (QED) is 0.391. The Morgan fingerprint density at radius 3 is 2.39 bits per heavy atom. The van der Waals surface area contributed by atoms with Crippen molar-refractivity contribution in [3.8, 4) is 5.75 Å². The molecule has 4 rings (SSSR count). The van der Waals surface area contributed by atoms with E-state index in [-0.39, 0.29) is 18.5 Å². The maximum absolute atomic E-state index is 13.4. The van der Waals surface area contributed by atoms with Crippen LogP contribution in [0.3, 0.4) is 0 Å². The third-order valence-corrected chi connectivity index (χ3v) is 6.99. The molecule has 0 saturated carbocycles. The second kappa shape index (κ2) is 11.4. The Hall–Kier alpha value is -2.35. The Balaban J connectivity index is 1.58. The van der Waals surface area contributed by atoms with Crippen LogP contribution in [0.1, 0.15) is 31.0 Å². The van der Waals surface area contributed by atoms with E-state index < -0.39 is 11.7 Å². The molecule has 0 bridgehead atoms. The van der Waals surface area contributed by atoms with Gasteiger partial charge >= 0.3 is 0 Å². The van der Waals surface area contributed by atoms with E-state index in [9.17, 15) is 14.6 Å². The second-order valence-electron chi connectivity index (χ2n) is 9.55. The molecule has 0 spiro atoms. The molecule has 1 unspecified atom stereocenters. The number of hydrogen-bond donors (Lipinski definition) is 2. The molecule has 1 heterocycles. The Bertz CT molecular complexity index is 1160. The van der Waals surface area contributed by atoms with Gasteiger partial charge in [0.2, 0.25) is 0 Å². The molecule has 5 nitrogen and oxygen atoms in total. The molecule has 1 saturated heterocycles. The second-order valence-corrected chi connectivity index (χ2v) is 10.4. The van der Waals surface area contributed by atoms with Crippen molar-refractivity contribution in [2.75, 3.05) is 37.7 Å². The lowest BCUT2D eigenvalue weighted by Crippen LogP contribution is -2.52. The Kier molecular flexibility index (Phi) is 8.43. The maximum Gasteiger partial charge on any atom is 0.123 e. The standard InChI is InChI=1S/C28H31Cl2FN2O3/c1-19(34)17-36-24-11-12-26(25(30)15-24)33-14-13-32(16-27(33)20-3-7-22(29)8-4-20)18-28(2,35)21-5-9-23(31)10-6-21/h3-12,15,19,27,34-35H,13-14,16-18H2,1-2H3/t19-,27-,28?/m0/s1. The molecule has 2 N–H and O–H groups in total. The Morgan fingerprint density at radius 1 is 1.06 bits per heavy atom. The number of rotatable bonds is 8. The summed E-state index contributed by atoms with van der Waals surface area (Å²) in [6.07, 6.45) is -0.571. The number of anilines is 1. The molecule has 0 aliphatic carbocycles. The minimum absolute atomic E-state index is 0.0400. The van der Waals surface area contributed by atoms with Gasteiger partial charge in [0.15, 0.2) is 0 Å². The number of β-amino-alcohol motifs (C(OH)–C–C–N with tert-alkyl or cyclic N) is 1. The monoisotopic (exact) mass is 532 g/mol. The van der Waals surface area contributed by atoms with Crippen molar-refractivity contribution in [2.45, 2.75) is 31.6 Å². The number of nitrogens with zero attached hydrogens (tertiary/aromatic N) is 2. The first kappa shape index (κ1) is 26.7. The third-order valence-electron chi connectivity index (χ3n) is 6.44. The van der Waals surface area contributed by atoms with Crippen LogP contribution in [0.4, 0.5) is 10.1 Å². The van der Waals surface area contributed by atoms with Gasteiger partial charge in [-0.1, -0.05) is 47.5 Å². The van der Waals surface area contributed by atoms with E-state index in [1.165, 1.54) is 12.1 Å². The van der Waals surface area contributed by atoms with Gasteiger partial charge in [0.25, 0.3) is 0 Å². The summed E-state index contributed by atoms with van der Waals surface area (Å²) < 4.78 is 19.0. The van der Waals surface area contributed by atoms with E-state index >= 15 is 0 Å². The van der Waals surface area contributed by atoms with Crippen molar-refractivity contribution < 1.29 is 19.3 Å². The largest absolute Gasteiger partial charge is 0.491 e. The summed E-state index contributed by atoms with van der Waals surface area (Å²) in [6.45, 7) is 6.05. The number of aliphatic hydroxyl groups is 2. The number of ether oxygens (including phenoxy) is 1. The fourth-order valence-electron chi connectivity index (χ4n) is 4.60. The molecule has 0 radical (unpaired) electrons. The van der Waals surface area contributed by atoms with E-state index in [0.717, 1.165) is 11.3 Å². The lowest BCUT2D eigenvalue weighted by molar-refractivity contribution is 0.0102. The maximum atomic E-state index is 13.4. The molecule has 1 aliphatic heterocycles. The minimum atomic E-state index is -1.14. The average molecular weight is 533 g/mol. The zero-order valence-corrected chi connectivity index (χ0v) is 21.9. The topological polar surface area (TPSA) is 56.2 Å². The fraction of sp³-hybridized carbons (Fsp3) is 0.357. The van der Waals surface area contributed by atoms with Crippen molar-refractivity contribution in [3.63, 3.8) is 0 Å². The van der Waals surface area contributed by atoms with Gasteiger partial charge in [-0.15, -0.1) is 0 Å². The molecule has 192 valence electrons. The van der Waals surface area contributed by atoms with Gasteiger partial charge in [-0.2, -0.15) is 0 Å². The molecule has 3 atom stereocenters. The van der Waals surface area contributed by atoms with Crippen LogP contribution >= 0.6 is 23.2 Å². The van der Waals surface area contributed by atoms with Crippen LogP contribution in [0.15, 0.2) is 66.7 Å². The summed E-state index contributed by atoms with van der Waals surface area (Å²) in [5.41, 5.74) is 1.49. The lowest BCUT2D eigenvalue weighted by Gasteiger charge is -2.45. The summed E-state index contributed by atoms with van der Waals surface area (Å²) in [5.74, 6) is 0.270. The van der Waals surface area contributed by atoms with Crippen molar-refractivity contribution in [2.24, 2.45) is 0 Å². The first-order chi connectivity index (χ1) is 17.1.